The Morgan fingerprint density at radius 2 is 2.00 bits per heavy atom. The van der Waals surface area contributed by atoms with Crippen molar-refractivity contribution < 1.29 is 19.1 Å². The Morgan fingerprint density at radius 1 is 1.18 bits per heavy atom. The number of ether oxygens (including phenoxy) is 2. The number of hydrogen-bond acceptors (Lipinski definition) is 6. The molecule has 0 aliphatic rings. The van der Waals surface area contributed by atoms with Gasteiger partial charge in [-0.2, -0.15) is 0 Å². The SMILES string of the molecule is COC(=O)c1cc2cc(Cl)cc(CNC(=O)Nc3ccccn3)c2nc1OC. The van der Waals surface area contributed by atoms with Crippen LogP contribution in [0.15, 0.2) is 42.6 Å². The third-order valence-electron chi connectivity index (χ3n) is 3.87. The molecule has 0 aliphatic heterocycles. The lowest BCUT2D eigenvalue weighted by Gasteiger charge is -2.12. The number of methoxy groups -OCH3 is 2. The molecule has 0 saturated carbocycles. The number of pyridine rings is 2. The number of carbonyl (C=O) groups is 2. The van der Waals surface area contributed by atoms with Gasteiger partial charge >= 0.3 is 12.0 Å². The number of halogens is 1. The number of anilines is 1. The van der Waals surface area contributed by atoms with Gasteiger partial charge in [-0.25, -0.2) is 19.6 Å². The molecule has 0 unspecified atom stereocenters. The topological polar surface area (TPSA) is 102 Å². The normalized spacial score (nSPS) is 10.4. The molecule has 0 spiro atoms. The second-order valence-electron chi connectivity index (χ2n) is 5.70. The second-order valence-corrected chi connectivity index (χ2v) is 6.13. The first kappa shape index (κ1) is 19.4. The number of hydrogen-bond donors (Lipinski definition) is 2. The molecule has 28 heavy (non-hydrogen) atoms. The number of esters is 1. The summed E-state index contributed by atoms with van der Waals surface area (Å²) in [6, 6.07) is 9.73. The average molecular weight is 401 g/mol. The molecule has 1 aromatic carbocycles. The first-order chi connectivity index (χ1) is 13.5. The number of carbonyl (C=O) groups excluding carboxylic acids is 2. The highest BCUT2D eigenvalue weighted by molar-refractivity contribution is 6.31. The molecule has 8 nitrogen and oxygen atoms in total. The van der Waals surface area contributed by atoms with Crippen LogP contribution >= 0.6 is 11.6 Å². The molecule has 0 saturated heterocycles. The van der Waals surface area contributed by atoms with Gasteiger partial charge in [0.25, 0.3) is 0 Å². The van der Waals surface area contributed by atoms with Crippen LogP contribution in [0.1, 0.15) is 15.9 Å². The highest BCUT2D eigenvalue weighted by atomic mass is 35.5. The van der Waals surface area contributed by atoms with Gasteiger partial charge in [-0.05, 0) is 35.9 Å². The summed E-state index contributed by atoms with van der Waals surface area (Å²) in [6.07, 6.45) is 1.58. The van der Waals surface area contributed by atoms with E-state index in [9.17, 15) is 9.59 Å². The summed E-state index contributed by atoms with van der Waals surface area (Å²) in [7, 11) is 2.69. The number of benzene rings is 1. The Morgan fingerprint density at radius 3 is 2.68 bits per heavy atom. The van der Waals surface area contributed by atoms with Crippen LogP contribution in [0.3, 0.4) is 0 Å². The summed E-state index contributed by atoms with van der Waals surface area (Å²) in [5.41, 5.74) is 1.40. The van der Waals surface area contributed by atoms with Crippen molar-refractivity contribution in [1.29, 1.82) is 0 Å². The van der Waals surface area contributed by atoms with Gasteiger partial charge < -0.3 is 14.8 Å². The lowest BCUT2D eigenvalue weighted by Crippen LogP contribution is -2.28. The zero-order chi connectivity index (χ0) is 20.1. The fourth-order valence-electron chi connectivity index (χ4n) is 2.62. The van der Waals surface area contributed by atoms with E-state index in [0.29, 0.717) is 27.3 Å². The van der Waals surface area contributed by atoms with E-state index in [1.165, 1.54) is 14.2 Å². The molecule has 9 heteroatoms. The van der Waals surface area contributed by atoms with Crippen LogP contribution in [0.2, 0.25) is 5.02 Å². The third kappa shape index (κ3) is 4.29. The van der Waals surface area contributed by atoms with Gasteiger partial charge in [0.15, 0.2) is 0 Å². The number of aromatic nitrogens is 2. The van der Waals surface area contributed by atoms with Crippen molar-refractivity contribution in [2.75, 3.05) is 19.5 Å². The van der Waals surface area contributed by atoms with Crippen molar-refractivity contribution in [1.82, 2.24) is 15.3 Å². The zero-order valence-corrected chi connectivity index (χ0v) is 15.9. The lowest BCUT2D eigenvalue weighted by atomic mass is 10.1. The minimum atomic E-state index is -0.569. The molecular formula is C19H17ClN4O4. The molecule has 3 rings (SSSR count). The average Bonchev–Trinajstić information content (AvgIpc) is 2.71. The maximum atomic E-state index is 12.1. The Balaban J connectivity index is 1.88. The summed E-state index contributed by atoms with van der Waals surface area (Å²) in [4.78, 5) is 32.5. The Kier molecular flexibility index (Phi) is 5.90. The summed E-state index contributed by atoms with van der Waals surface area (Å²) in [5.74, 6) is -0.0139. The van der Waals surface area contributed by atoms with Crippen LogP contribution in [0.25, 0.3) is 10.9 Å². The molecule has 3 aromatic rings. The lowest BCUT2D eigenvalue weighted by molar-refractivity contribution is 0.0596. The first-order valence-electron chi connectivity index (χ1n) is 8.23. The zero-order valence-electron chi connectivity index (χ0n) is 15.2. The molecule has 2 heterocycles. The fraction of sp³-hybridized carbons (Fsp3) is 0.158. The summed E-state index contributed by atoms with van der Waals surface area (Å²) in [5, 5.41) is 6.42. The van der Waals surface area contributed by atoms with Gasteiger partial charge in [0.1, 0.15) is 11.4 Å². The van der Waals surface area contributed by atoms with Crippen LogP contribution in [0, 0.1) is 0 Å². The van der Waals surface area contributed by atoms with Crippen molar-refractivity contribution in [3.8, 4) is 5.88 Å². The van der Waals surface area contributed by atoms with Crippen LogP contribution in [0.4, 0.5) is 10.6 Å². The predicted octanol–water partition coefficient (Wildman–Crippen LogP) is 3.40. The van der Waals surface area contributed by atoms with Crippen molar-refractivity contribution in [3.63, 3.8) is 0 Å². The van der Waals surface area contributed by atoms with E-state index in [1.54, 1.807) is 42.6 Å². The third-order valence-corrected chi connectivity index (χ3v) is 4.09. The van der Waals surface area contributed by atoms with Gasteiger partial charge in [-0.15, -0.1) is 0 Å². The summed E-state index contributed by atoms with van der Waals surface area (Å²) >= 11 is 6.19. The van der Waals surface area contributed by atoms with Gasteiger partial charge in [-0.1, -0.05) is 17.7 Å². The van der Waals surface area contributed by atoms with Crippen LogP contribution < -0.4 is 15.4 Å². The molecule has 2 N–H and O–H groups in total. The maximum absolute atomic E-state index is 12.1. The quantitative estimate of drug-likeness (QED) is 0.636. The van der Waals surface area contributed by atoms with Crippen LogP contribution in [0.5, 0.6) is 5.88 Å². The minimum absolute atomic E-state index is 0.126. The molecule has 0 atom stereocenters. The summed E-state index contributed by atoms with van der Waals surface area (Å²) in [6.45, 7) is 0.156. The van der Waals surface area contributed by atoms with Gasteiger partial charge in [0.05, 0.1) is 19.7 Å². The summed E-state index contributed by atoms with van der Waals surface area (Å²) < 4.78 is 9.97. The standard InChI is InChI=1S/C19H17ClN4O4/c1-27-17-14(18(25)28-2)9-11-7-13(20)8-12(16(11)24-17)10-22-19(26)23-15-5-3-4-6-21-15/h3-9H,10H2,1-2H3,(H2,21,22,23,26). The fourth-order valence-corrected chi connectivity index (χ4v) is 2.87. The largest absolute Gasteiger partial charge is 0.480 e. The van der Waals surface area contributed by atoms with E-state index >= 15 is 0 Å². The number of nitrogens with one attached hydrogen (secondary N) is 2. The molecule has 0 bridgehead atoms. The number of amides is 2. The van der Waals surface area contributed by atoms with Crippen molar-refractivity contribution >= 4 is 40.3 Å². The smallest absolute Gasteiger partial charge is 0.343 e. The Hall–Kier alpha value is -3.39. The Bertz CT molecular complexity index is 1030. The molecule has 144 valence electrons. The molecule has 0 aliphatic carbocycles. The monoisotopic (exact) mass is 400 g/mol. The van der Waals surface area contributed by atoms with E-state index < -0.39 is 12.0 Å². The van der Waals surface area contributed by atoms with Gasteiger partial charge in [-0.3, -0.25) is 5.32 Å². The van der Waals surface area contributed by atoms with E-state index in [4.69, 9.17) is 21.1 Å². The number of fused-ring (bicyclic) bond motifs is 1. The number of nitrogens with zero attached hydrogens (tertiary/aromatic N) is 2. The molecule has 2 aromatic heterocycles. The van der Waals surface area contributed by atoms with Crippen molar-refractivity contribution in [2.45, 2.75) is 6.54 Å². The highest BCUT2D eigenvalue weighted by Crippen LogP contribution is 2.28. The van der Waals surface area contributed by atoms with Gasteiger partial charge in [0.2, 0.25) is 5.88 Å². The number of urea groups is 1. The molecule has 2 amide bonds. The predicted molar refractivity (Wildman–Crippen MR) is 105 cm³/mol. The Labute approximate surface area is 165 Å². The molecule has 0 radical (unpaired) electrons. The van der Waals surface area contributed by atoms with Gasteiger partial charge in [0, 0.05) is 23.2 Å². The van der Waals surface area contributed by atoms with E-state index in [-0.39, 0.29) is 18.0 Å². The maximum Gasteiger partial charge on any atom is 0.343 e. The van der Waals surface area contributed by atoms with Crippen LogP contribution in [-0.2, 0) is 11.3 Å². The van der Waals surface area contributed by atoms with E-state index in [0.717, 1.165) is 0 Å². The minimum Gasteiger partial charge on any atom is -0.480 e. The van der Waals surface area contributed by atoms with E-state index in [1.807, 2.05) is 0 Å². The second kappa shape index (κ2) is 8.53. The molecular weight excluding hydrogens is 384 g/mol. The van der Waals surface area contributed by atoms with Crippen LogP contribution in [-0.4, -0.2) is 36.2 Å². The first-order valence-corrected chi connectivity index (χ1v) is 8.61. The van der Waals surface area contributed by atoms with E-state index in [2.05, 4.69) is 20.6 Å². The molecule has 0 fully saturated rings. The number of rotatable bonds is 5. The van der Waals surface area contributed by atoms with Crippen molar-refractivity contribution in [3.05, 3.63) is 58.7 Å². The highest BCUT2D eigenvalue weighted by Gasteiger charge is 2.18. The van der Waals surface area contributed by atoms with Crippen molar-refractivity contribution in [2.24, 2.45) is 0 Å².